The van der Waals surface area contributed by atoms with Gasteiger partial charge in [-0.3, -0.25) is 0 Å². The molecule has 0 amide bonds. The SMILES string of the molecule is COc1ccc(N(C)c2scnc2C(=O)O)cc1. The van der Waals surface area contributed by atoms with Gasteiger partial charge in [0.05, 0.1) is 12.6 Å². The molecule has 94 valence electrons. The van der Waals surface area contributed by atoms with Gasteiger partial charge in [0.2, 0.25) is 0 Å². The van der Waals surface area contributed by atoms with E-state index in [1.165, 1.54) is 16.8 Å². The third kappa shape index (κ3) is 2.28. The first-order valence-corrected chi connectivity index (χ1v) is 6.06. The number of anilines is 2. The van der Waals surface area contributed by atoms with Crippen molar-refractivity contribution in [2.24, 2.45) is 0 Å². The van der Waals surface area contributed by atoms with Gasteiger partial charge in [-0.2, -0.15) is 0 Å². The van der Waals surface area contributed by atoms with Crippen LogP contribution in [0.15, 0.2) is 29.8 Å². The third-order valence-corrected chi connectivity index (χ3v) is 3.42. The lowest BCUT2D eigenvalue weighted by Gasteiger charge is -2.17. The maximum Gasteiger partial charge on any atom is 0.357 e. The molecule has 5 nitrogen and oxygen atoms in total. The Kier molecular flexibility index (Phi) is 3.47. The van der Waals surface area contributed by atoms with Crippen molar-refractivity contribution in [3.05, 3.63) is 35.5 Å². The molecule has 0 fully saturated rings. The van der Waals surface area contributed by atoms with Crippen LogP contribution in [-0.4, -0.2) is 30.2 Å². The van der Waals surface area contributed by atoms with E-state index < -0.39 is 5.97 Å². The van der Waals surface area contributed by atoms with E-state index >= 15 is 0 Å². The number of hydrogen-bond acceptors (Lipinski definition) is 5. The Bertz CT molecular complexity index is 551. The van der Waals surface area contributed by atoms with Gasteiger partial charge < -0.3 is 14.7 Å². The highest BCUT2D eigenvalue weighted by molar-refractivity contribution is 7.14. The molecule has 0 aliphatic heterocycles. The predicted molar refractivity (Wildman–Crippen MR) is 70.1 cm³/mol. The van der Waals surface area contributed by atoms with Gasteiger partial charge in [0.15, 0.2) is 5.69 Å². The molecule has 18 heavy (non-hydrogen) atoms. The molecule has 1 N–H and O–H groups in total. The number of nitrogens with zero attached hydrogens (tertiary/aromatic N) is 2. The van der Waals surface area contributed by atoms with E-state index in [1.807, 2.05) is 31.3 Å². The summed E-state index contributed by atoms with van der Waals surface area (Å²) in [7, 11) is 3.41. The van der Waals surface area contributed by atoms with Gasteiger partial charge in [-0.05, 0) is 24.3 Å². The van der Waals surface area contributed by atoms with Crippen molar-refractivity contribution in [2.75, 3.05) is 19.1 Å². The van der Waals surface area contributed by atoms with E-state index in [2.05, 4.69) is 4.98 Å². The molecular weight excluding hydrogens is 252 g/mol. The fourth-order valence-corrected chi connectivity index (χ4v) is 2.32. The molecule has 2 aromatic rings. The summed E-state index contributed by atoms with van der Waals surface area (Å²) in [6, 6.07) is 7.38. The van der Waals surface area contributed by atoms with Crippen LogP contribution in [0.3, 0.4) is 0 Å². The van der Waals surface area contributed by atoms with Crippen LogP contribution >= 0.6 is 11.3 Å². The summed E-state index contributed by atoms with van der Waals surface area (Å²) in [5.41, 5.74) is 2.47. The van der Waals surface area contributed by atoms with E-state index in [4.69, 9.17) is 9.84 Å². The second kappa shape index (κ2) is 5.05. The fraction of sp³-hybridized carbons (Fsp3) is 0.167. The second-order valence-electron chi connectivity index (χ2n) is 3.57. The van der Waals surface area contributed by atoms with Crippen molar-refractivity contribution in [3.8, 4) is 5.75 Å². The maximum atomic E-state index is 11.0. The molecule has 1 heterocycles. The molecule has 2 rings (SSSR count). The number of aromatic nitrogens is 1. The van der Waals surface area contributed by atoms with Crippen LogP contribution in [0, 0.1) is 0 Å². The van der Waals surface area contributed by atoms with Gasteiger partial charge in [0.25, 0.3) is 0 Å². The highest BCUT2D eigenvalue weighted by Crippen LogP contribution is 2.31. The van der Waals surface area contributed by atoms with Gasteiger partial charge >= 0.3 is 5.97 Å². The quantitative estimate of drug-likeness (QED) is 0.919. The van der Waals surface area contributed by atoms with Crippen molar-refractivity contribution in [2.45, 2.75) is 0 Å². The first kappa shape index (κ1) is 12.4. The monoisotopic (exact) mass is 264 g/mol. The van der Waals surface area contributed by atoms with Crippen LogP contribution in [0.4, 0.5) is 10.7 Å². The molecule has 0 bridgehead atoms. The summed E-state index contributed by atoms with van der Waals surface area (Å²) in [6.07, 6.45) is 0. The van der Waals surface area contributed by atoms with Crippen molar-refractivity contribution in [1.82, 2.24) is 4.98 Å². The molecule has 0 aliphatic carbocycles. The van der Waals surface area contributed by atoms with E-state index in [9.17, 15) is 4.79 Å². The zero-order valence-electron chi connectivity index (χ0n) is 9.95. The van der Waals surface area contributed by atoms with Crippen molar-refractivity contribution >= 4 is 28.0 Å². The molecule has 6 heteroatoms. The van der Waals surface area contributed by atoms with Crippen molar-refractivity contribution in [3.63, 3.8) is 0 Å². The average molecular weight is 264 g/mol. The number of rotatable bonds is 4. The second-order valence-corrected chi connectivity index (χ2v) is 4.40. The lowest BCUT2D eigenvalue weighted by Crippen LogP contribution is -2.12. The number of carboxylic acids is 1. The molecule has 0 unspecified atom stereocenters. The summed E-state index contributed by atoms with van der Waals surface area (Å²) in [5.74, 6) is -0.262. The zero-order valence-corrected chi connectivity index (χ0v) is 10.8. The Labute approximate surface area is 108 Å². The standard InChI is InChI=1S/C12H12N2O3S/c1-14(8-3-5-9(17-2)6-4-8)11-10(12(15)16)13-7-18-11/h3-7H,1-2H3,(H,15,16). The number of methoxy groups -OCH3 is 1. The van der Waals surface area contributed by atoms with E-state index in [0.717, 1.165) is 11.4 Å². The van der Waals surface area contributed by atoms with Gasteiger partial charge in [-0.1, -0.05) is 0 Å². The van der Waals surface area contributed by atoms with Gasteiger partial charge in [-0.15, -0.1) is 11.3 Å². The summed E-state index contributed by atoms with van der Waals surface area (Å²) in [4.78, 5) is 16.7. The molecule has 0 saturated heterocycles. The Morgan fingerprint density at radius 3 is 2.61 bits per heavy atom. The normalized spacial score (nSPS) is 10.1. The zero-order chi connectivity index (χ0) is 13.1. The van der Waals surface area contributed by atoms with Gasteiger partial charge in [-0.25, -0.2) is 9.78 Å². The minimum Gasteiger partial charge on any atom is -0.497 e. The topological polar surface area (TPSA) is 62.7 Å². The Hall–Kier alpha value is -2.08. The largest absolute Gasteiger partial charge is 0.497 e. The van der Waals surface area contributed by atoms with Crippen molar-refractivity contribution < 1.29 is 14.6 Å². The number of aromatic carboxylic acids is 1. The van der Waals surface area contributed by atoms with Gasteiger partial charge in [0.1, 0.15) is 10.8 Å². The number of carbonyl (C=O) groups is 1. The highest BCUT2D eigenvalue weighted by Gasteiger charge is 2.17. The van der Waals surface area contributed by atoms with Crippen LogP contribution in [0.5, 0.6) is 5.75 Å². The number of benzene rings is 1. The van der Waals surface area contributed by atoms with Crippen LogP contribution in [0.2, 0.25) is 0 Å². The maximum absolute atomic E-state index is 11.0. The Morgan fingerprint density at radius 2 is 2.06 bits per heavy atom. The molecule has 0 aliphatic rings. The number of ether oxygens (including phenoxy) is 1. The van der Waals surface area contributed by atoms with Crippen molar-refractivity contribution in [1.29, 1.82) is 0 Å². The molecular formula is C12H12N2O3S. The first-order chi connectivity index (χ1) is 8.63. The summed E-state index contributed by atoms with van der Waals surface area (Å²) < 4.78 is 5.08. The van der Waals surface area contributed by atoms with Crippen LogP contribution in [0.25, 0.3) is 0 Å². The summed E-state index contributed by atoms with van der Waals surface area (Å²) in [6.45, 7) is 0. The molecule has 0 spiro atoms. The Balaban J connectivity index is 2.32. The number of carboxylic acid groups (broad SMARTS) is 1. The molecule has 1 aromatic heterocycles. The minimum atomic E-state index is -1.02. The minimum absolute atomic E-state index is 0.0679. The van der Waals surface area contributed by atoms with Crippen LogP contribution < -0.4 is 9.64 Å². The lowest BCUT2D eigenvalue weighted by molar-refractivity contribution is 0.0692. The predicted octanol–water partition coefficient (Wildman–Crippen LogP) is 2.62. The number of thiazole rings is 1. The third-order valence-electron chi connectivity index (χ3n) is 2.52. The molecule has 0 atom stereocenters. The average Bonchev–Trinajstić information content (AvgIpc) is 2.87. The lowest BCUT2D eigenvalue weighted by atomic mass is 10.3. The van der Waals surface area contributed by atoms with E-state index in [0.29, 0.717) is 5.00 Å². The fourth-order valence-electron chi connectivity index (χ4n) is 1.55. The molecule has 0 saturated carbocycles. The smallest absolute Gasteiger partial charge is 0.357 e. The van der Waals surface area contributed by atoms with E-state index in [-0.39, 0.29) is 5.69 Å². The first-order valence-electron chi connectivity index (χ1n) is 5.18. The van der Waals surface area contributed by atoms with Crippen LogP contribution in [-0.2, 0) is 0 Å². The molecule has 0 radical (unpaired) electrons. The van der Waals surface area contributed by atoms with E-state index in [1.54, 1.807) is 12.0 Å². The highest BCUT2D eigenvalue weighted by atomic mass is 32.1. The van der Waals surface area contributed by atoms with Gasteiger partial charge in [0, 0.05) is 12.7 Å². The Morgan fingerprint density at radius 1 is 1.39 bits per heavy atom. The summed E-state index contributed by atoms with van der Waals surface area (Å²) in [5, 5.41) is 9.63. The number of hydrogen-bond donors (Lipinski definition) is 1. The van der Waals surface area contributed by atoms with Crippen LogP contribution in [0.1, 0.15) is 10.5 Å². The molecule has 1 aromatic carbocycles. The summed E-state index contributed by atoms with van der Waals surface area (Å²) >= 11 is 1.29.